The minimum atomic E-state index is 0.462. The summed E-state index contributed by atoms with van der Waals surface area (Å²) in [5.74, 6) is 1.59. The molecule has 0 atom stereocenters. The first-order chi connectivity index (χ1) is 22.8. The summed E-state index contributed by atoms with van der Waals surface area (Å²) < 4.78 is 4.81. The molecule has 46 heavy (non-hydrogen) atoms. The van der Waals surface area contributed by atoms with E-state index in [0.717, 1.165) is 27.8 Å². The molecule has 0 aliphatic heterocycles. The van der Waals surface area contributed by atoms with Crippen molar-refractivity contribution >= 4 is 53.3 Å². The molecule has 214 valence electrons. The van der Waals surface area contributed by atoms with Gasteiger partial charge in [0.15, 0.2) is 17.5 Å². The third-order valence-electron chi connectivity index (χ3n) is 8.50. The number of fused-ring (bicyclic) bond motifs is 7. The average molecular weight is 606 g/mol. The smallest absolute Gasteiger partial charge is 0.165 e. The second-order valence-electron chi connectivity index (χ2n) is 11.2. The molecule has 9 aromatic rings. The lowest BCUT2D eigenvalue weighted by Gasteiger charge is -2.12. The zero-order chi connectivity index (χ0) is 30.6. The SMILES string of the molecule is N#Cc1cc(-n2c3ccccc3c3c4c(ccc32)sc2ccccc24)ccc1-c1nc(-c2ccccc2)nc(-c2ccccc2)n1. The van der Waals surface area contributed by atoms with Gasteiger partial charge in [-0.3, -0.25) is 0 Å². The molecular formula is C40H23N5S. The van der Waals surface area contributed by atoms with Crippen LogP contribution < -0.4 is 0 Å². The van der Waals surface area contributed by atoms with E-state index in [4.69, 9.17) is 15.0 Å². The van der Waals surface area contributed by atoms with Crippen molar-refractivity contribution in [2.75, 3.05) is 0 Å². The number of aromatic nitrogens is 4. The molecule has 0 saturated heterocycles. The van der Waals surface area contributed by atoms with E-state index in [0.29, 0.717) is 28.6 Å². The quantitative estimate of drug-likeness (QED) is 0.200. The molecule has 0 aliphatic carbocycles. The van der Waals surface area contributed by atoms with Gasteiger partial charge >= 0.3 is 0 Å². The van der Waals surface area contributed by atoms with Crippen LogP contribution in [0.5, 0.6) is 0 Å². The Hall–Kier alpha value is -6.16. The van der Waals surface area contributed by atoms with Gasteiger partial charge in [0, 0.05) is 53.3 Å². The normalized spacial score (nSPS) is 11.5. The summed E-state index contributed by atoms with van der Waals surface area (Å²) in [7, 11) is 0. The average Bonchev–Trinajstić information content (AvgIpc) is 3.67. The maximum absolute atomic E-state index is 10.5. The van der Waals surface area contributed by atoms with Crippen LogP contribution in [0.25, 0.3) is 81.8 Å². The van der Waals surface area contributed by atoms with E-state index in [2.05, 4.69) is 77.4 Å². The highest BCUT2D eigenvalue weighted by atomic mass is 32.1. The van der Waals surface area contributed by atoms with Crippen molar-refractivity contribution in [2.24, 2.45) is 0 Å². The molecule has 0 amide bonds. The van der Waals surface area contributed by atoms with Crippen molar-refractivity contribution < 1.29 is 0 Å². The Kier molecular flexibility index (Phi) is 5.98. The van der Waals surface area contributed by atoms with Crippen LogP contribution in [0.1, 0.15) is 5.56 Å². The van der Waals surface area contributed by atoms with E-state index >= 15 is 0 Å². The zero-order valence-electron chi connectivity index (χ0n) is 24.4. The fraction of sp³-hybridized carbons (Fsp3) is 0. The number of thiophene rings is 1. The first-order valence-electron chi connectivity index (χ1n) is 15.0. The molecular weight excluding hydrogens is 583 g/mol. The molecule has 0 unspecified atom stereocenters. The van der Waals surface area contributed by atoms with Gasteiger partial charge < -0.3 is 4.57 Å². The maximum atomic E-state index is 10.5. The number of nitriles is 1. The molecule has 0 N–H and O–H groups in total. The summed E-state index contributed by atoms with van der Waals surface area (Å²) in [6.07, 6.45) is 0. The van der Waals surface area contributed by atoms with E-state index in [9.17, 15) is 5.26 Å². The molecule has 6 heteroatoms. The Morgan fingerprint density at radius 2 is 1.15 bits per heavy atom. The molecule has 0 aliphatic rings. The highest BCUT2D eigenvalue weighted by Crippen LogP contribution is 2.43. The third-order valence-corrected chi connectivity index (χ3v) is 9.63. The van der Waals surface area contributed by atoms with E-state index < -0.39 is 0 Å². The number of nitrogens with zero attached hydrogens (tertiary/aromatic N) is 5. The predicted molar refractivity (Wildman–Crippen MR) is 188 cm³/mol. The zero-order valence-corrected chi connectivity index (χ0v) is 25.2. The van der Waals surface area contributed by atoms with E-state index in [1.165, 1.54) is 30.9 Å². The summed E-state index contributed by atoms with van der Waals surface area (Å²) in [5.41, 5.74) is 6.03. The standard InChI is InChI=1S/C40H23N5S/c41-24-27-23-28(19-20-29(27)40-43-38(25-11-3-1-4-12-25)42-39(44-40)26-13-5-2-6-14-26)45-32-17-9-7-15-30(32)36-33(45)21-22-35-37(36)31-16-8-10-18-34(31)46-35/h1-23H. The Labute approximate surface area is 268 Å². The highest BCUT2D eigenvalue weighted by molar-refractivity contribution is 7.26. The van der Waals surface area contributed by atoms with Gasteiger partial charge in [-0.1, -0.05) is 97.1 Å². The number of hydrogen-bond donors (Lipinski definition) is 0. The van der Waals surface area contributed by atoms with Crippen LogP contribution in [0.4, 0.5) is 0 Å². The second kappa shape index (κ2) is 10.5. The van der Waals surface area contributed by atoms with Gasteiger partial charge in [0.05, 0.1) is 22.7 Å². The maximum Gasteiger partial charge on any atom is 0.165 e. The van der Waals surface area contributed by atoms with Gasteiger partial charge in [-0.15, -0.1) is 11.3 Å². The van der Waals surface area contributed by atoms with Crippen molar-refractivity contribution in [3.8, 4) is 45.9 Å². The molecule has 3 aromatic heterocycles. The monoisotopic (exact) mass is 605 g/mol. The van der Waals surface area contributed by atoms with Crippen molar-refractivity contribution in [3.05, 3.63) is 145 Å². The largest absolute Gasteiger partial charge is 0.309 e. The number of para-hydroxylation sites is 1. The number of rotatable bonds is 4. The van der Waals surface area contributed by atoms with Gasteiger partial charge in [0.2, 0.25) is 0 Å². The molecule has 5 nitrogen and oxygen atoms in total. The van der Waals surface area contributed by atoms with Gasteiger partial charge in [0.1, 0.15) is 0 Å². The van der Waals surface area contributed by atoms with Crippen molar-refractivity contribution in [1.29, 1.82) is 5.26 Å². The van der Waals surface area contributed by atoms with Crippen molar-refractivity contribution in [2.45, 2.75) is 0 Å². The van der Waals surface area contributed by atoms with Crippen LogP contribution in [0.3, 0.4) is 0 Å². The Morgan fingerprint density at radius 1 is 0.522 bits per heavy atom. The van der Waals surface area contributed by atoms with E-state index in [1.807, 2.05) is 84.1 Å². The molecule has 0 spiro atoms. The van der Waals surface area contributed by atoms with Crippen LogP contribution in [0.15, 0.2) is 140 Å². The molecule has 3 heterocycles. The summed E-state index contributed by atoms with van der Waals surface area (Å²) in [6.45, 7) is 0. The fourth-order valence-corrected chi connectivity index (χ4v) is 7.55. The number of benzene rings is 6. The lowest BCUT2D eigenvalue weighted by Crippen LogP contribution is -2.02. The number of hydrogen-bond acceptors (Lipinski definition) is 5. The third kappa shape index (κ3) is 4.11. The summed E-state index contributed by atoms with van der Waals surface area (Å²) >= 11 is 1.82. The lowest BCUT2D eigenvalue weighted by molar-refractivity contribution is 1.07. The minimum Gasteiger partial charge on any atom is -0.309 e. The lowest BCUT2D eigenvalue weighted by atomic mass is 10.1. The van der Waals surface area contributed by atoms with Gasteiger partial charge in [0.25, 0.3) is 0 Å². The Morgan fingerprint density at radius 3 is 1.87 bits per heavy atom. The molecule has 0 bridgehead atoms. The van der Waals surface area contributed by atoms with Crippen LogP contribution in [-0.4, -0.2) is 19.5 Å². The summed E-state index contributed by atoms with van der Waals surface area (Å²) in [6, 6.07) is 49.7. The van der Waals surface area contributed by atoms with Crippen LogP contribution in [-0.2, 0) is 0 Å². The first kappa shape index (κ1) is 26.3. The van der Waals surface area contributed by atoms with Gasteiger partial charge in [-0.25, -0.2) is 15.0 Å². The predicted octanol–water partition coefficient (Wildman–Crippen LogP) is 10.2. The topological polar surface area (TPSA) is 67.4 Å². The molecule has 0 radical (unpaired) electrons. The van der Waals surface area contributed by atoms with Crippen LogP contribution in [0, 0.1) is 11.3 Å². The first-order valence-corrected chi connectivity index (χ1v) is 15.8. The van der Waals surface area contributed by atoms with E-state index in [1.54, 1.807) is 0 Å². The van der Waals surface area contributed by atoms with Crippen LogP contribution in [0.2, 0.25) is 0 Å². The van der Waals surface area contributed by atoms with Gasteiger partial charge in [-0.2, -0.15) is 5.26 Å². The van der Waals surface area contributed by atoms with Crippen molar-refractivity contribution in [1.82, 2.24) is 19.5 Å². The molecule has 0 fully saturated rings. The fourth-order valence-electron chi connectivity index (χ4n) is 6.44. The van der Waals surface area contributed by atoms with E-state index in [-0.39, 0.29) is 0 Å². The van der Waals surface area contributed by atoms with Gasteiger partial charge in [-0.05, 0) is 42.5 Å². The molecule has 6 aromatic carbocycles. The second-order valence-corrected chi connectivity index (χ2v) is 12.2. The minimum absolute atomic E-state index is 0.462. The van der Waals surface area contributed by atoms with Crippen molar-refractivity contribution in [3.63, 3.8) is 0 Å². The Bertz CT molecular complexity index is 2590. The Balaban J connectivity index is 1.27. The highest BCUT2D eigenvalue weighted by Gasteiger charge is 2.20. The molecule has 0 saturated carbocycles. The van der Waals surface area contributed by atoms with Crippen LogP contribution >= 0.6 is 11.3 Å². The molecule has 9 rings (SSSR count). The summed E-state index contributed by atoms with van der Waals surface area (Å²) in [4.78, 5) is 14.6. The summed E-state index contributed by atoms with van der Waals surface area (Å²) in [5, 5.41) is 15.5.